The van der Waals surface area contributed by atoms with Gasteiger partial charge in [-0.25, -0.2) is 27.9 Å². The molecule has 2 aromatic heterocycles. The third kappa shape index (κ3) is 5.07. The molecule has 0 fully saturated rings. The Balaban J connectivity index is 1.49. The lowest BCUT2D eigenvalue weighted by molar-refractivity contribution is -0.113. The quantitative estimate of drug-likeness (QED) is 0.324. The van der Waals surface area contributed by atoms with E-state index in [-0.39, 0.29) is 22.4 Å². The van der Waals surface area contributed by atoms with Gasteiger partial charge in [0.2, 0.25) is 15.9 Å². The van der Waals surface area contributed by atoms with Crippen molar-refractivity contribution in [3.63, 3.8) is 0 Å². The van der Waals surface area contributed by atoms with Crippen molar-refractivity contribution in [1.82, 2.24) is 9.97 Å². The topological polar surface area (TPSA) is 115 Å². The van der Waals surface area contributed by atoms with Crippen LogP contribution in [0.2, 0.25) is 0 Å². The summed E-state index contributed by atoms with van der Waals surface area (Å²) < 4.78 is 36.9. The molecule has 11 heteroatoms. The zero-order chi connectivity index (χ0) is 22.0. The lowest BCUT2D eigenvalue weighted by Gasteiger charge is -2.06. The minimum absolute atomic E-state index is 0.0650. The molecule has 0 bridgehead atoms. The molecule has 31 heavy (non-hydrogen) atoms. The average Bonchev–Trinajstić information content (AvgIpc) is 3.17. The molecule has 4 rings (SSSR count). The van der Waals surface area contributed by atoms with Crippen molar-refractivity contribution in [3.8, 4) is 10.4 Å². The molecule has 4 aromatic rings. The molecule has 0 radical (unpaired) electrons. The maximum atomic E-state index is 13.2. The van der Waals surface area contributed by atoms with Crippen LogP contribution in [-0.4, -0.2) is 30.0 Å². The van der Waals surface area contributed by atoms with Gasteiger partial charge in [-0.2, -0.15) is 0 Å². The van der Waals surface area contributed by atoms with Crippen LogP contribution < -0.4 is 10.5 Å². The minimum Gasteiger partial charge on any atom is -0.325 e. The molecule has 0 saturated carbocycles. The highest BCUT2D eigenvalue weighted by atomic mass is 32.2. The van der Waals surface area contributed by atoms with Crippen LogP contribution in [0.5, 0.6) is 0 Å². The van der Waals surface area contributed by atoms with Crippen molar-refractivity contribution in [2.75, 3.05) is 11.1 Å². The number of carbonyl (C=O) groups is 1. The van der Waals surface area contributed by atoms with Gasteiger partial charge in [-0.05, 0) is 42.0 Å². The average molecular weight is 475 g/mol. The standard InChI is InChI=1S/C20H15FN4O3S3/c21-13-6-4-12(5-7-13)17-9-16-19(30-17)20(24-11-23-16)29-10-18(26)25-14-2-1-3-15(8-14)31(22,27)28/h1-9,11H,10H2,(H,25,26)(H2,22,27,28). The monoisotopic (exact) mass is 474 g/mol. The number of hydrogen-bond acceptors (Lipinski definition) is 7. The van der Waals surface area contributed by atoms with E-state index in [9.17, 15) is 17.6 Å². The number of primary sulfonamides is 1. The molecule has 2 heterocycles. The molecular weight excluding hydrogens is 459 g/mol. The van der Waals surface area contributed by atoms with Crippen LogP contribution >= 0.6 is 23.1 Å². The number of benzene rings is 2. The lowest BCUT2D eigenvalue weighted by Crippen LogP contribution is -2.16. The zero-order valence-corrected chi connectivity index (χ0v) is 18.2. The number of sulfonamides is 1. The van der Waals surface area contributed by atoms with Gasteiger partial charge in [0, 0.05) is 10.6 Å². The van der Waals surface area contributed by atoms with Gasteiger partial charge in [-0.15, -0.1) is 11.3 Å². The maximum absolute atomic E-state index is 13.2. The van der Waals surface area contributed by atoms with E-state index in [0.29, 0.717) is 10.7 Å². The fraction of sp³-hybridized carbons (Fsp3) is 0.0500. The summed E-state index contributed by atoms with van der Waals surface area (Å²) in [5, 5.41) is 8.42. The van der Waals surface area contributed by atoms with E-state index >= 15 is 0 Å². The minimum atomic E-state index is -3.86. The Morgan fingerprint density at radius 3 is 2.65 bits per heavy atom. The van der Waals surface area contributed by atoms with Gasteiger partial charge in [-0.1, -0.05) is 30.0 Å². The number of aromatic nitrogens is 2. The Morgan fingerprint density at radius 2 is 1.90 bits per heavy atom. The van der Waals surface area contributed by atoms with Gasteiger partial charge in [0.15, 0.2) is 0 Å². The van der Waals surface area contributed by atoms with Crippen molar-refractivity contribution >= 4 is 54.9 Å². The summed E-state index contributed by atoms with van der Waals surface area (Å²) in [6.45, 7) is 0. The Bertz CT molecular complexity index is 1370. The number of nitrogens with one attached hydrogen (secondary N) is 1. The predicted molar refractivity (Wildman–Crippen MR) is 120 cm³/mol. The van der Waals surface area contributed by atoms with Gasteiger partial charge < -0.3 is 5.32 Å². The number of anilines is 1. The number of rotatable bonds is 6. The van der Waals surface area contributed by atoms with Crippen molar-refractivity contribution in [2.45, 2.75) is 9.92 Å². The highest BCUT2D eigenvalue weighted by Crippen LogP contribution is 2.36. The number of nitrogens with two attached hydrogens (primary N) is 1. The van der Waals surface area contributed by atoms with Gasteiger partial charge >= 0.3 is 0 Å². The molecule has 1 amide bonds. The largest absolute Gasteiger partial charge is 0.325 e. The molecule has 7 nitrogen and oxygen atoms in total. The molecule has 0 aliphatic carbocycles. The first kappa shape index (κ1) is 21.4. The number of nitrogens with zero attached hydrogens (tertiary/aromatic N) is 2. The summed E-state index contributed by atoms with van der Waals surface area (Å²) in [5.41, 5.74) is 1.94. The molecule has 3 N–H and O–H groups in total. The smallest absolute Gasteiger partial charge is 0.238 e. The molecular formula is C20H15FN4O3S3. The molecule has 0 aliphatic rings. The van der Waals surface area contributed by atoms with Crippen LogP contribution in [0, 0.1) is 5.82 Å². The SMILES string of the molecule is NS(=O)(=O)c1cccc(NC(=O)CSc2ncnc3cc(-c4ccc(F)cc4)sc23)c1. The Morgan fingerprint density at radius 1 is 1.13 bits per heavy atom. The highest BCUT2D eigenvalue weighted by Gasteiger charge is 2.14. The maximum Gasteiger partial charge on any atom is 0.238 e. The second-order valence-electron chi connectivity index (χ2n) is 6.42. The first-order chi connectivity index (χ1) is 14.8. The Hall–Kier alpha value is -2.86. The summed E-state index contributed by atoms with van der Waals surface area (Å²) in [4.78, 5) is 21.7. The molecule has 0 atom stereocenters. The second kappa shape index (κ2) is 8.71. The van der Waals surface area contributed by atoms with Crippen LogP contribution in [0.1, 0.15) is 0 Å². The summed E-state index contributed by atoms with van der Waals surface area (Å²) in [6.07, 6.45) is 1.43. The van der Waals surface area contributed by atoms with Crippen LogP contribution in [0.3, 0.4) is 0 Å². The van der Waals surface area contributed by atoms with E-state index in [4.69, 9.17) is 5.14 Å². The first-order valence-corrected chi connectivity index (χ1v) is 12.2. The van der Waals surface area contributed by atoms with Gasteiger partial charge in [0.25, 0.3) is 0 Å². The summed E-state index contributed by atoms with van der Waals surface area (Å²) in [7, 11) is -3.86. The van der Waals surface area contributed by atoms with Crippen molar-refractivity contribution in [3.05, 3.63) is 66.7 Å². The summed E-state index contributed by atoms with van der Waals surface area (Å²) in [6, 6.07) is 13.8. The normalized spacial score (nSPS) is 11.5. The second-order valence-corrected chi connectivity index (χ2v) is 10.00. The highest BCUT2D eigenvalue weighted by molar-refractivity contribution is 8.00. The molecule has 0 spiro atoms. The van der Waals surface area contributed by atoms with E-state index in [1.807, 2.05) is 6.07 Å². The predicted octanol–water partition coefficient (Wildman–Crippen LogP) is 3.88. The van der Waals surface area contributed by atoms with Gasteiger partial charge in [0.05, 0.1) is 20.9 Å². The third-order valence-corrected chi connectivity index (χ3v) is 7.40. The first-order valence-electron chi connectivity index (χ1n) is 8.85. The third-order valence-electron chi connectivity index (χ3n) is 4.19. The van der Waals surface area contributed by atoms with E-state index in [0.717, 1.165) is 20.7 Å². The van der Waals surface area contributed by atoms with Gasteiger partial charge in [-0.3, -0.25) is 4.79 Å². The molecule has 2 aromatic carbocycles. The fourth-order valence-electron chi connectivity index (χ4n) is 2.77. The zero-order valence-electron chi connectivity index (χ0n) is 15.8. The van der Waals surface area contributed by atoms with E-state index in [1.54, 1.807) is 18.2 Å². The molecule has 0 aliphatic heterocycles. The Kier molecular flexibility index (Phi) is 6.01. The van der Waals surface area contributed by atoms with Crippen molar-refractivity contribution in [1.29, 1.82) is 0 Å². The van der Waals surface area contributed by atoms with E-state index in [1.165, 1.54) is 59.8 Å². The van der Waals surface area contributed by atoms with Gasteiger partial charge in [0.1, 0.15) is 17.2 Å². The number of thiophene rings is 1. The fourth-order valence-corrected chi connectivity index (χ4v) is 5.33. The summed E-state index contributed by atoms with van der Waals surface area (Å²) in [5.74, 6) is -0.560. The Labute approximate surface area is 185 Å². The van der Waals surface area contributed by atoms with Crippen LogP contribution in [0.15, 0.2) is 70.8 Å². The van der Waals surface area contributed by atoms with Crippen molar-refractivity contribution in [2.24, 2.45) is 5.14 Å². The number of thioether (sulfide) groups is 1. The van der Waals surface area contributed by atoms with E-state index < -0.39 is 10.0 Å². The number of amides is 1. The van der Waals surface area contributed by atoms with E-state index in [2.05, 4.69) is 15.3 Å². The molecule has 158 valence electrons. The number of halogens is 1. The molecule has 0 unspecified atom stereocenters. The summed E-state index contributed by atoms with van der Waals surface area (Å²) >= 11 is 2.70. The van der Waals surface area contributed by atoms with Crippen LogP contribution in [0.4, 0.5) is 10.1 Å². The van der Waals surface area contributed by atoms with Crippen LogP contribution in [-0.2, 0) is 14.8 Å². The number of hydrogen-bond donors (Lipinski definition) is 2. The molecule has 0 saturated heterocycles. The van der Waals surface area contributed by atoms with Crippen molar-refractivity contribution < 1.29 is 17.6 Å². The number of fused-ring (bicyclic) bond motifs is 1. The lowest BCUT2D eigenvalue weighted by atomic mass is 10.2. The number of carbonyl (C=O) groups excluding carboxylic acids is 1. The van der Waals surface area contributed by atoms with Crippen LogP contribution in [0.25, 0.3) is 20.7 Å².